The minimum Gasteiger partial charge on any atom is -0.478 e. The van der Waals surface area contributed by atoms with Gasteiger partial charge in [0.2, 0.25) is 0 Å². The first kappa shape index (κ1) is 12.0. The Kier molecular flexibility index (Phi) is 2.85. The van der Waals surface area contributed by atoms with Crippen LogP contribution in [0.3, 0.4) is 0 Å². The van der Waals surface area contributed by atoms with Gasteiger partial charge in [-0.2, -0.15) is 0 Å². The highest BCUT2D eigenvalue weighted by atomic mass is 16.4. The van der Waals surface area contributed by atoms with Gasteiger partial charge >= 0.3 is 5.97 Å². The van der Waals surface area contributed by atoms with Crippen molar-refractivity contribution in [3.8, 4) is 0 Å². The Morgan fingerprint density at radius 3 is 2.79 bits per heavy atom. The molecule has 1 aromatic heterocycles. The van der Waals surface area contributed by atoms with Crippen LogP contribution in [-0.4, -0.2) is 28.6 Å². The molecule has 1 saturated carbocycles. The minimum absolute atomic E-state index is 0.333. The van der Waals surface area contributed by atoms with Crippen LogP contribution in [0.25, 0.3) is 10.9 Å². The second kappa shape index (κ2) is 4.53. The lowest BCUT2D eigenvalue weighted by molar-refractivity contribution is 0.0699. The topological polar surface area (TPSA) is 53.4 Å². The van der Waals surface area contributed by atoms with Crippen molar-refractivity contribution in [2.75, 3.05) is 11.4 Å². The molecule has 1 aliphatic rings. The normalized spacial score (nSPS) is 14.6. The molecule has 0 bridgehead atoms. The number of fused-ring (bicyclic) bond motifs is 1. The van der Waals surface area contributed by atoms with E-state index in [1.165, 1.54) is 12.8 Å². The number of hydrogen-bond donors (Lipinski definition) is 1. The van der Waals surface area contributed by atoms with Gasteiger partial charge in [0, 0.05) is 18.0 Å². The quantitative estimate of drug-likeness (QED) is 0.913. The molecule has 0 radical (unpaired) electrons. The van der Waals surface area contributed by atoms with Crippen LogP contribution in [0.2, 0.25) is 0 Å². The van der Waals surface area contributed by atoms with Crippen LogP contribution in [0.4, 0.5) is 5.82 Å². The molecule has 19 heavy (non-hydrogen) atoms. The van der Waals surface area contributed by atoms with E-state index >= 15 is 0 Å². The number of aromatic nitrogens is 1. The third kappa shape index (κ3) is 2.14. The van der Waals surface area contributed by atoms with Crippen molar-refractivity contribution in [1.29, 1.82) is 0 Å². The van der Waals surface area contributed by atoms with Gasteiger partial charge in [0.25, 0.3) is 0 Å². The molecule has 1 heterocycles. The number of carboxylic acid groups (broad SMARTS) is 1. The molecule has 0 aliphatic heterocycles. The van der Waals surface area contributed by atoms with E-state index in [0.717, 1.165) is 17.9 Å². The molecule has 0 unspecified atom stereocenters. The molecule has 3 rings (SSSR count). The van der Waals surface area contributed by atoms with Crippen molar-refractivity contribution in [3.63, 3.8) is 0 Å². The van der Waals surface area contributed by atoms with Crippen LogP contribution in [0.15, 0.2) is 30.3 Å². The molecule has 0 spiro atoms. The number of benzene rings is 1. The standard InChI is InChI=1S/C15H16N2O2/c1-2-17(10-7-8-10)14-9-12(15(18)19)11-5-3-4-6-13(11)16-14/h3-6,9-10H,2,7-8H2,1H3,(H,18,19). The third-order valence-corrected chi connectivity index (χ3v) is 3.56. The molecule has 4 nitrogen and oxygen atoms in total. The predicted molar refractivity (Wildman–Crippen MR) is 74.7 cm³/mol. The van der Waals surface area contributed by atoms with E-state index in [0.29, 0.717) is 17.0 Å². The summed E-state index contributed by atoms with van der Waals surface area (Å²) in [5.74, 6) is -0.118. The zero-order valence-corrected chi connectivity index (χ0v) is 10.8. The SMILES string of the molecule is CCN(c1cc(C(=O)O)c2ccccc2n1)C1CC1. The van der Waals surface area contributed by atoms with Crippen LogP contribution in [0.5, 0.6) is 0 Å². The molecule has 2 aromatic rings. The van der Waals surface area contributed by atoms with E-state index in [1.807, 2.05) is 24.3 Å². The van der Waals surface area contributed by atoms with Crippen molar-refractivity contribution in [3.05, 3.63) is 35.9 Å². The summed E-state index contributed by atoms with van der Waals surface area (Å²) in [7, 11) is 0. The van der Waals surface area contributed by atoms with Crippen molar-refractivity contribution in [2.45, 2.75) is 25.8 Å². The molecule has 1 N–H and O–H groups in total. The van der Waals surface area contributed by atoms with E-state index < -0.39 is 5.97 Å². The fraction of sp³-hybridized carbons (Fsp3) is 0.333. The predicted octanol–water partition coefficient (Wildman–Crippen LogP) is 2.92. The van der Waals surface area contributed by atoms with Gasteiger partial charge in [0.15, 0.2) is 0 Å². The maximum atomic E-state index is 11.4. The Morgan fingerprint density at radius 1 is 1.42 bits per heavy atom. The summed E-state index contributed by atoms with van der Waals surface area (Å²) >= 11 is 0. The third-order valence-electron chi connectivity index (χ3n) is 3.56. The van der Waals surface area contributed by atoms with Gasteiger partial charge in [-0.05, 0) is 31.9 Å². The number of pyridine rings is 1. The van der Waals surface area contributed by atoms with Gasteiger partial charge in [0.1, 0.15) is 5.82 Å². The number of carbonyl (C=O) groups is 1. The first-order chi connectivity index (χ1) is 9.20. The highest BCUT2D eigenvalue weighted by Gasteiger charge is 2.29. The van der Waals surface area contributed by atoms with Gasteiger partial charge in [-0.1, -0.05) is 18.2 Å². The lowest BCUT2D eigenvalue weighted by atomic mass is 10.1. The van der Waals surface area contributed by atoms with Crippen LogP contribution in [-0.2, 0) is 0 Å². The Balaban J connectivity index is 2.17. The van der Waals surface area contributed by atoms with Gasteiger partial charge in [-0.25, -0.2) is 9.78 Å². The van der Waals surface area contributed by atoms with E-state index in [9.17, 15) is 9.90 Å². The highest BCUT2D eigenvalue weighted by molar-refractivity contribution is 6.03. The summed E-state index contributed by atoms with van der Waals surface area (Å²) < 4.78 is 0. The van der Waals surface area contributed by atoms with Gasteiger partial charge < -0.3 is 10.0 Å². The Labute approximate surface area is 111 Å². The summed E-state index contributed by atoms with van der Waals surface area (Å²) in [6.45, 7) is 2.94. The zero-order chi connectivity index (χ0) is 13.4. The molecule has 0 amide bonds. The Hall–Kier alpha value is -2.10. The van der Waals surface area contributed by atoms with E-state index in [1.54, 1.807) is 6.07 Å². The van der Waals surface area contributed by atoms with Crippen LogP contribution in [0, 0.1) is 0 Å². The number of nitrogens with zero attached hydrogens (tertiary/aromatic N) is 2. The number of aromatic carboxylic acids is 1. The molecule has 0 saturated heterocycles. The average molecular weight is 256 g/mol. The highest BCUT2D eigenvalue weighted by Crippen LogP contribution is 2.32. The second-order valence-corrected chi connectivity index (χ2v) is 4.87. The maximum absolute atomic E-state index is 11.4. The lowest BCUT2D eigenvalue weighted by Crippen LogP contribution is -2.26. The van der Waals surface area contributed by atoms with Crippen molar-refractivity contribution < 1.29 is 9.90 Å². The van der Waals surface area contributed by atoms with Crippen molar-refractivity contribution >= 4 is 22.7 Å². The monoisotopic (exact) mass is 256 g/mol. The van der Waals surface area contributed by atoms with Gasteiger partial charge in [-0.3, -0.25) is 0 Å². The molecule has 1 aliphatic carbocycles. The average Bonchev–Trinajstić information content (AvgIpc) is 3.23. The first-order valence-corrected chi connectivity index (χ1v) is 6.60. The van der Waals surface area contributed by atoms with Crippen LogP contribution in [0.1, 0.15) is 30.1 Å². The fourth-order valence-electron chi connectivity index (χ4n) is 2.48. The van der Waals surface area contributed by atoms with Crippen molar-refractivity contribution in [1.82, 2.24) is 4.98 Å². The van der Waals surface area contributed by atoms with Crippen molar-refractivity contribution in [2.24, 2.45) is 0 Å². The number of rotatable bonds is 4. The summed E-state index contributed by atoms with van der Waals surface area (Å²) in [6, 6.07) is 9.63. The Morgan fingerprint density at radius 2 is 2.16 bits per heavy atom. The second-order valence-electron chi connectivity index (χ2n) is 4.87. The van der Waals surface area contributed by atoms with E-state index in [4.69, 9.17) is 0 Å². The Bertz CT molecular complexity index is 635. The molecule has 98 valence electrons. The van der Waals surface area contributed by atoms with E-state index in [2.05, 4.69) is 16.8 Å². The molecular weight excluding hydrogens is 240 g/mol. The minimum atomic E-state index is -0.897. The molecule has 1 aromatic carbocycles. The smallest absolute Gasteiger partial charge is 0.336 e. The summed E-state index contributed by atoms with van der Waals surface area (Å²) in [6.07, 6.45) is 2.34. The number of carboxylic acids is 1. The van der Waals surface area contributed by atoms with Gasteiger partial charge in [-0.15, -0.1) is 0 Å². The fourth-order valence-corrected chi connectivity index (χ4v) is 2.48. The maximum Gasteiger partial charge on any atom is 0.336 e. The molecule has 4 heteroatoms. The summed E-state index contributed by atoms with van der Waals surface area (Å²) in [4.78, 5) is 18.2. The number of anilines is 1. The van der Waals surface area contributed by atoms with Crippen LogP contribution >= 0.6 is 0 Å². The zero-order valence-electron chi connectivity index (χ0n) is 10.8. The van der Waals surface area contributed by atoms with Crippen LogP contribution < -0.4 is 4.90 Å². The summed E-state index contributed by atoms with van der Waals surface area (Å²) in [5, 5.41) is 10.1. The van der Waals surface area contributed by atoms with Gasteiger partial charge in [0.05, 0.1) is 11.1 Å². The molecule has 1 fully saturated rings. The summed E-state index contributed by atoms with van der Waals surface area (Å²) in [5.41, 5.74) is 1.08. The lowest BCUT2D eigenvalue weighted by Gasteiger charge is -2.22. The largest absolute Gasteiger partial charge is 0.478 e. The number of hydrogen-bond acceptors (Lipinski definition) is 3. The van der Waals surface area contributed by atoms with E-state index in [-0.39, 0.29) is 0 Å². The first-order valence-electron chi connectivity index (χ1n) is 6.60. The molecular formula is C15H16N2O2. The number of para-hydroxylation sites is 1. The molecule has 0 atom stereocenters.